The van der Waals surface area contributed by atoms with Crippen LogP contribution in [0.4, 0.5) is 13.2 Å². The number of ether oxygens (including phenoxy) is 1. The molecule has 2 aromatic rings. The Morgan fingerprint density at radius 3 is 2.18 bits per heavy atom. The van der Waals surface area contributed by atoms with Crippen LogP contribution < -0.4 is 4.74 Å². The lowest BCUT2D eigenvalue weighted by molar-refractivity contribution is -0.137. The smallest absolute Gasteiger partial charge is 0.416 e. The van der Waals surface area contributed by atoms with Gasteiger partial charge in [0.2, 0.25) is 0 Å². The standard InChI is InChI=1S/C23H25F3O2/c1-21(2)9-10-22(3,4)20-18(21)11-16(13-27)12-19(20)28-14-15-5-7-17(8-6-15)23(24,25)26/h5-8,11-13H,9-10,14H2,1-4H3. The summed E-state index contributed by atoms with van der Waals surface area (Å²) in [4.78, 5) is 11.5. The molecule has 0 saturated heterocycles. The summed E-state index contributed by atoms with van der Waals surface area (Å²) < 4.78 is 44.3. The summed E-state index contributed by atoms with van der Waals surface area (Å²) in [5.41, 5.74) is 2.52. The van der Waals surface area contributed by atoms with Gasteiger partial charge in [0.25, 0.3) is 0 Å². The third-order valence-corrected chi connectivity index (χ3v) is 5.72. The number of fused-ring (bicyclic) bond motifs is 1. The van der Waals surface area contributed by atoms with Gasteiger partial charge in [0.05, 0.1) is 5.56 Å². The lowest BCUT2D eigenvalue weighted by Crippen LogP contribution is -2.34. The number of alkyl halides is 3. The molecule has 0 amide bonds. The molecular weight excluding hydrogens is 365 g/mol. The zero-order chi connectivity index (χ0) is 20.7. The highest BCUT2D eigenvalue weighted by molar-refractivity contribution is 5.77. The highest BCUT2D eigenvalue weighted by Gasteiger charge is 2.39. The summed E-state index contributed by atoms with van der Waals surface area (Å²) in [6, 6.07) is 8.64. The Balaban J connectivity index is 1.95. The minimum absolute atomic E-state index is 0.0731. The Bertz CT molecular complexity index is 878. The quantitative estimate of drug-likeness (QED) is 0.561. The summed E-state index contributed by atoms with van der Waals surface area (Å²) in [5.74, 6) is 0.636. The van der Waals surface area contributed by atoms with E-state index in [4.69, 9.17) is 4.74 Å². The van der Waals surface area contributed by atoms with E-state index < -0.39 is 11.7 Å². The van der Waals surface area contributed by atoms with Crippen molar-refractivity contribution < 1.29 is 22.7 Å². The predicted octanol–water partition coefficient (Wildman–Crippen LogP) is 6.45. The van der Waals surface area contributed by atoms with Crippen LogP contribution in [0.3, 0.4) is 0 Å². The van der Waals surface area contributed by atoms with E-state index in [1.165, 1.54) is 12.1 Å². The van der Waals surface area contributed by atoms with E-state index in [0.29, 0.717) is 16.9 Å². The summed E-state index contributed by atoms with van der Waals surface area (Å²) >= 11 is 0. The molecule has 0 saturated carbocycles. The van der Waals surface area contributed by atoms with Crippen molar-refractivity contribution in [1.29, 1.82) is 0 Å². The van der Waals surface area contributed by atoms with Crippen LogP contribution in [0.5, 0.6) is 5.75 Å². The highest BCUT2D eigenvalue weighted by Crippen LogP contribution is 2.49. The van der Waals surface area contributed by atoms with Gasteiger partial charge in [-0.3, -0.25) is 4.79 Å². The van der Waals surface area contributed by atoms with Gasteiger partial charge in [-0.15, -0.1) is 0 Å². The molecule has 0 heterocycles. The van der Waals surface area contributed by atoms with Gasteiger partial charge in [-0.05, 0) is 59.1 Å². The number of hydrogen-bond acceptors (Lipinski definition) is 2. The molecule has 150 valence electrons. The molecule has 2 aromatic carbocycles. The minimum atomic E-state index is -4.35. The average molecular weight is 390 g/mol. The fourth-order valence-corrected chi connectivity index (χ4v) is 3.89. The maximum absolute atomic E-state index is 12.7. The number of benzene rings is 2. The van der Waals surface area contributed by atoms with Crippen LogP contribution in [-0.4, -0.2) is 6.29 Å². The van der Waals surface area contributed by atoms with Crippen molar-refractivity contribution in [1.82, 2.24) is 0 Å². The first-order chi connectivity index (χ1) is 12.9. The van der Waals surface area contributed by atoms with Crippen LogP contribution in [0.25, 0.3) is 0 Å². The van der Waals surface area contributed by atoms with Crippen LogP contribution in [0, 0.1) is 0 Å². The second-order valence-corrected chi connectivity index (χ2v) is 8.81. The topological polar surface area (TPSA) is 26.3 Å². The molecular formula is C23H25F3O2. The van der Waals surface area contributed by atoms with Crippen LogP contribution in [-0.2, 0) is 23.6 Å². The summed E-state index contributed by atoms with van der Waals surface area (Å²) in [7, 11) is 0. The number of halogens is 3. The van der Waals surface area contributed by atoms with Crippen molar-refractivity contribution >= 4 is 6.29 Å². The number of rotatable bonds is 4. The van der Waals surface area contributed by atoms with Gasteiger partial charge in [0, 0.05) is 11.1 Å². The summed E-state index contributed by atoms with van der Waals surface area (Å²) in [6.45, 7) is 8.78. The molecule has 0 spiro atoms. The molecule has 0 fully saturated rings. The Labute approximate surface area is 163 Å². The zero-order valence-electron chi connectivity index (χ0n) is 16.6. The van der Waals surface area contributed by atoms with E-state index in [2.05, 4.69) is 27.7 Å². The van der Waals surface area contributed by atoms with Crippen molar-refractivity contribution in [3.63, 3.8) is 0 Å². The van der Waals surface area contributed by atoms with Crippen LogP contribution in [0.1, 0.15) is 73.1 Å². The molecule has 5 heteroatoms. The second kappa shape index (κ2) is 6.94. The van der Waals surface area contributed by atoms with Gasteiger partial charge in [0.15, 0.2) is 0 Å². The molecule has 28 heavy (non-hydrogen) atoms. The Hall–Kier alpha value is -2.30. The molecule has 0 unspecified atom stereocenters. The maximum atomic E-state index is 12.7. The number of carbonyl (C=O) groups is 1. The predicted molar refractivity (Wildman–Crippen MR) is 103 cm³/mol. The maximum Gasteiger partial charge on any atom is 0.416 e. The fourth-order valence-electron chi connectivity index (χ4n) is 3.89. The summed E-state index contributed by atoms with van der Waals surface area (Å²) in [5, 5.41) is 0. The lowest BCUT2D eigenvalue weighted by Gasteiger charge is -2.42. The Kier molecular flexibility index (Phi) is 5.07. The molecule has 1 aliphatic carbocycles. The van der Waals surface area contributed by atoms with Gasteiger partial charge in [0.1, 0.15) is 18.6 Å². The van der Waals surface area contributed by atoms with E-state index >= 15 is 0 Å². The largest absolute Gasteiger partial charge is 0.489 e. The number of carbonyl (C=O) groups excluding carboxylic acids is 1. The third kappa shape index (κ3) is 3.94. The molecule has 0 radical (unpaired) electrons. The molecule has 2 nitrogen and oxygen atoms in total. The molecule has 1 aliphatic rings. The first-order valence-corrected chi connectivity index (χ1v) is 9.37. The van der Waals surface area contributed by atoms with Crippen LogP contribution in [0.15, 0.2) is 36.4 Å². The molecule has 0 aliphatic heterocycles. The average Bonchev–Trinajstić information content (AvgIpc) is 2.63. The van der Waals surface area contributed by atoms with Crippen molar-refractivity contribution in [2.24, 2.45) is 0 Å². The Morgan fingerprint density at radius 1 is 1.00 bits per heavy atom. The first-order valence-electron chi connectivity index (χ1n) is 9.37. The van der Waals surface area contributed by atoms with Gasteiger partial charge in [-0.2, -0.15) is 13.2 Å². The van der Waals surface area contributed by atoms with Crippen LogP contribution in [0.2, 0.25) is 0 Å². The van der Waals surface area contributed by atoms with E-state index in [9.17, 15) is 18.0 Å². The molecule has 0 bridgehead atoms. The molecule has 0 N–H and O–H groups in total. The van der Waals surface area contributed by atoms with Gasteiger partial charge >= 0.3 is 6.18 Å². The normalized spacial score (nSPS) is 17.7. The monoisotopic (exact) mass is 390 g/mol. The SMILES string of the molecule is CC1(C)CCC(C)(C)c2c(OCc3ccc(C(F)(F)F)cc3)cc(C=O)cc21. The number of aldehydes is 1. The van der Waals surface area contributed by atoms with Gasteiger partial charge < -0.3 is 4.74 Å². The first kappa shape index (κ1) is 20.4. The lowest BCUT2D eigenvalue weighted by atomic mass is 9.62. The minimum Gasteiger partial charge on any atom is -0.489 e. The highest BCUT2D eigenvalue weighted by atomic mass is 19.4. The Morgan fingerprint density at radius 2 is 1.61 bits per heavy atom. The molecule has 0 aromatic heterocycles. The van der Waals surface area contributed by atoms with Crippen molar-refractivity contribution in [3.8, 4) is 5.75 Å². The van der Waals surface area contributed by atoms with Crippen molar-refractivity contribution in [2.45, 2.75) is 64.1 Å². The van der Waals surface area contributed by atoms with E-state index in [0.717, 1.165) is 42.4 Å². The third-order valence-electron chi connectivity index (χ3n) is 5.72. The fraction of sp³-hybridized carbons (Fsp3) is 0.435. The van der Waals surface area contributed by atoms with E-state index in [-0.39, 0.29) is 17.4 Å². The molecule has 0 atom stereocenters. The summed E-state index contributed by atoms with van der Waals surface area (Å²) in [6.07, 6.45) is -1.55. The van der Waals surface area contributed by atoms with Gasteiger partial charge in [-0.25, -0.2) is 0 Å². The number of hydrogen-bond donors (Lipinski definition) is 0. The molecule has 3 rings (SSSR count). The van der Waals surface area contributed by atoms with Crippen molar-refractivity contribution in [3.05, 3.63) is 64.2 Å². The van der Waals surface area contributed by atoms with E-state index in [1.54, 1.807) is 6.07 Å². The second-order valence-electron chi connectivity index (χ2n) is 8.81. The van der Waals surface area contributed by atoms with Crippen LogP contribution >= 0.6 is 0 Å². The van der Waals surface area contributed by atoms with Gasteiger partial charge in [-0.1, -0.05) is 39.8 Å². The van der Waals surface area contributed by atoms with E-state index in [1.807, 2.05) is 6.07 Å². The zero-order valence-corrected chi connectivity index (χ0v) is 16.6. The van der Waals surface area contributed by atoms with Crippen molar-refractivity contribution in [2.75, 3.05) is 0 Å².